The van der Waals surface area contributed by atoms with Gasteiger partial charge in [0, 0.05) is 47.1 Å². The van der Waals surface area contributed by atoms with Crippen molar-refractivity contribution in [2.75, 3.05) is 6.61 Å². The third-order valence-corrected chi connectivity index (χ3v) is 16.4. The molecule has 2 N–H and O–H groups in total. The molecule has 18 atom stereocenters. The quantitative estimate of drug-likeness (QED) is 0.0831. The molecule has 1 saturated heterocycles. The van der Waals surface area contributed by atoms with Gasteiger partial charge in [0.25, 0.3) is 0 Å². The Morgan fingerprint density at radius 1 is 0.718 bits per heavy atom. The maximum Gasteiger partial charge on any atom is 0.331 e. The fourth-order valence-corrected chi connectivity index (χ4v) is 13.6. The Kier molecular flexibility index (Phi) is 17.4. The molecule has 6 rings (SSSR count). The monoisotopic (exact) mass is 1000 g/mol. The van der Waals surface area contributed by atoms with E-state index in [0.717, 1.165) is 46.1 Å². The molecule has 71 heavy (non-hydrogen) atoms. The summed E-state index contributed by atoms with van der Waals surface area (Å²) in [6, 6.07) is 0. The molecular weight excluding hydrogens is 929 g/mol. The number of rotatable bonds is 15. The number of carboxylic acids is 1. The van der Waals surface area contributed by atoms with Crippen LogP contribution in [0.3, 0.4) is 0 Å². The van der Waals surface area contributed by atoms with Crippen LogP contribution in [0.4, 0.5) is 0 Å². The van der Waals surface area contributed by atoms with Crippen LogP contribution < -0.4 is 0 Å². The average molecular weight is 1000 g/mol. The second-order valence-electron chi connectivity index (χ2n) is 21.3. The molecule has 396 valence electrons. The minimum absolute atomic E-state index is 0.0339. The van der Waals surface area contributed by atoms with Gasteiger partial charge in [0.15, 0.2) is 30.9 Å². The van der Waals surface area contributed by atoms with Gasteiger partial charge in [-0.3, -0.25) is 28.8 Å². The lowest BCUT2D eigenvalue weighted by molar-refractivity contribution is -0.339. The van der Waals surface area contributed by atoms with Crippen LogP contribution in [0, 0.1) is 39.9 Å². The molecule has 3 unspecified atom stereocenters. The number of aliphatic carboxylic acids is 1. The van der Waals surface area contributed by atoms with Gasteiger partial charge in [-0.1, -0.05) is 39.3 Å². The molecule has 0 aromatic rings. The maximum absolute atomic E-state index is 13.0. The van der Waals surface area contributed by atoms with E-state index in [-0.39, 0.29) is 47.2 Å². The van der Waals surface area contributed by atoms with Gasteiger partial charge in [0.05, 0.1) is 12.2 Å². The van der Waals surface area contributed by atoms with Gasteiger partial charge in [-0.05, 0) is 123 Å². The van der Waals surface area contributed by atoms with Crippen LogP contribution in [-0.4, -0.2) is 126 Å². The molecular formula is C52H74O19. The van der Waals surface area contributed by atoms with E-state index in [4.69, 9.17) is 47.4 Å². The van der Waals surface area contributed by atoms with Gasteiger partial charge in [0.2, 0.25) is 6.29 Å². The van der Waals surface area contributed by atoms with E-state index in [2.05, 4.69) is 27.7 Å². The van der Waals surface area contributed by atoms with Crippen molar-refractivity contribution in [2.24, 2.45) is 39.9 Å². The molecule has 19 heteroatoms. The highest BCUT2D eigenvalue weighted by atomic mass is 16.8. The molecule has 0 spiro atoms. The van der Waals surface area contributed by atoms with E-state index in [1.54, 1.807) is 12.2 Å². The fourth-order valence-electron chi connectivity index (χ4n) is 13.6. The zero-order valence-electron chi connectivity index (χ0n) is 43.1. The second-order valence-corrected chi connectivity index (χ2v) is 21.3. The maximum atomic E-state index is 13.0. The number of aliphatic hydroxyl groups is 1. The van der Waals surface area contributed by atoms with Crippen LogP contribution in [-0.2, 0) is 80.9 Å². The molecule has 4 saturated carbocycles. The van der Waals surface area contributed by atoms with Crippen molar-refractivity contribution in [2.45, 2.75) is 202 Å². The number of hydrogen-bond acceptors (Lipinski definition) is 18. The average Bonchev–Trinajstić information content (AvgIpc) is 3.52. The summed E-state index contributed by atoms with van der Waals surface area (Å²) in [5, 5.41) is 23.1. The van der Waals surface area contributed by atoms with Crippen LogP contribution in [0.15, 0.2) is 34.9 Å². The largest absolute Gasteiger partial charge is 0.478 e. The summed E-state index contributed by atoms with van der Waals surface area (Å²) >= 11 is 0. The second kappa shape index (κ2) is 22.2. The Balaban J connectivity index is 1.23. The minimum Gasteiger partial charge on any atom is -0.478 e. The predicted octanol–water partition coefficient (Wildman–Crippen LogP) is 5.96. The van der Waals surface area contributed by atoms with Gasteiger partial charge < -0.3 is 57.6 Å². The third-order valence-electron chi connectivity index (χ3n) is 16.4. The molecule has 5 fully saturated rings. The SMILES string of the molecule is CC(=O)OC[C@H]1OC(O[C@H]2C=C[C@@H](O[C@@H]3CC[C@@]4(C)C(CC[C@@]5(C)C4[C@H](O)C[C@H]4/C(=C(\CCC=C(C)C)C(=O)O)[C@@H](OC(C)=O)C[C@@]45C)[C@@H]3C)O[C@@H]2OC(C)=O)[C@H](OC(C)=O)[C@@H](OC(C)=O)[C@@H]1OC(C)=O. The van der Waals surface area contributed by atoms with Crippen molar-refractivity contribution in [3.8, 4) is 0 Å². The van der Waals surface area contributed by atoms with Crippen molar-refractivity contribution < 1.29 is 91.1 Å². The number of fused-ring (bicyclic) bond motifs is 5. The summed E-state index contributed by atoms with van der Waals surface area (Å²) in [5.41, 5.74) is 0.679. The van der Waals surface area contributed by atoms with E-state index in [9.17, 15) is 43.8 Å². The molecule has 2 heterocycles. The Bertz CT molecular complexity index is 2140. The summed E-state index contributed by atoms with van der Waals surface area (Å²) in [6.07, 6.45) is -3.22. The Morgan fingerprint density at radius 2 is 1.34 bits per heavy atom. The normalized spacial score (nSPS) is 40.0. The number of esters is 6. The van der Waals surface area contributed by atoms with Gasteiger partial charge in [-0.2, -0.15) is 0 Å². The summed E-state index contributed by atoms with van der Waals surface area (Å²) in [6.45, 7) is 19.3. The summed E-state index contributed by atoms with van der Waals surface area (Å²) < 4.78 is 58.7. The lowest BCUT2D eigenvalue weighted by Crippen LogP contribution is -2.65. The van der Waals surface area contributed by atoms with E-state index in [1.807, 2.05) is 19.9 Å². The molecule has 6 aliphatic rings. The summed E-state index contributed by atoms with van der Waals surface area (Å²) in [5.74, 6) is -5.76. The molecule has 4 aliphatic carbocycles. The first-order chi connectivity index (χ1) is 33.2. The smallest absolute Gasteiger partial charge is 0.331 e. The standard InChI is InChI=1S/C52H74O19/c1-25(2)14-13-15-33(47(60)61)42-35-22-36(59)46-50(10)20-19-37(26(3)34(50)18-21-51(46,11)52(35,12)23-39(42)63-28(5)54)68-41-17-16-38(48(71-41)67-32(9)58)69-49-45(66-31(8)57)44(65-30(7)56)43(64-29(6)55)40(70-49)24-62-27(4)53/h14,16-17,26,34-41,43-46,48-49,59H,13,15,18-24H2,1-12H3,(H,60,61)/b42-33-/t26-,34?,35-,36+,37+,38-,39-,40+,41-,43+,44-,45+,46?,48-,49?,50-,51-,52-/m0/s1. The first-order valence-corrected chi connectivity index (χ1v) is 24.8. The minimum atomic E-state index is -1.59. The van der Waals surface area contributed by atoms with Gasteiger partial charge in [-0.15, -0.1) is 0 Å². The summed E-state index contributed by atoms with van der Waals surface area (Å²) in [4.78, 5) is 87.1. The number of ether oxygens (including phenoxy) is 10. The topological polar surface area (TPSA) is 252 Å². The fraction of sp³-hybridized carbons (Fsp3) is 0.750. The lowest BCUT2D eigenvalue weighted by atomic mass is 9.36. The number of aliphatic hydroxyl groups excluding tert-OH is 1. The number of carboxylic acid groups (broad SMARTS) is 1. The van der Waals surface area contributed by atoms with Crippen LogP contribution in [0.2, 0.25) is 0 Å². The first-order valence-electron chi connectivity index (χ1n) is 24.8. The van der Waals surface area contributed by atoms with Crippen LogP contribution in [0.5, 0.6) is 0 Å². The molecule has 2 aliphatic heterocycles. The number of allylic oxidation sites excluding steroid dienone is 2. The van der Waals surface area contributed by atoms with Crippen molar-refractivity contribution in [1.29, 1.82) is 0 Å². The number of carbonyl (C=O) groups is 7. The molecule has 19 nitrogen and oxygen atoms in total. The van der Waals surface area contributed by atoms with Crippen molar-refractivity contribution in [3.05, 3.63) is 34.9 Å². The van der Waals surface area contributed by atoms with Crippen molar-refractivity contribution in [1.82, 2.24) is 0 Å². The van der Waals surface area contributed by atoms with Gasteiger partial charge >= 0.3 is 41.8 Å². The van der Waals surface area contributed by atoms with Crippen molar-refractivity contribution >= 4 is 41.8 Å². The Hall–Kier alpha value is -4.69. The Morgan fingerprint density at radius 3 is 1.93 bits per heavy atom. The zero-order valence-corrected chi connectivity index (χ0v) is 43.1. The number of hydrogen-bond donors (Lipinski definition) is 2. The van der Waals surface area contributed by atoms with E-state index >= 15 is 0 Å². The Labute approximate surface area is 415 Å². The number of carbonyl (C=O) groups excluding carboxylic acids is 6. The van der Waals surface area contributed by atoms with E-state index in [0.29, 0.717) is 37.7 Å². The molecule has 0 aromatic heterocycles. The third kappa shape index (κ3) is 11.7. The summed E-state index contributed by atoms with van der Waals surface area (Å²) in [7, 11) is 0. The molecule has 0 bridgehead atoms. The lowest BCUT2D eigenvalue weighted by Gasteiger charge is -2.69. The van der Waals surface area contributed by atoms with E-state index in [1.165, 1.54) is 13.8 Å². The van der Waals surface area contributed by atoms with E-state index < -0.39 is 121 Å². The molecule has 0 aromatic carbocycles. The highest BCUT2D eigenvalue weighted by molar-refractivity contribution is 5.88. The van der Waals surface area contributed by atoms with Gasteiger partial charge in [-0.25, -0.2) is 4.79 Å². The molecule has 0 amide bonds. The van der Waals surface area contributed by atoms with Crippen molar-refractivity contribution in [3.63, 3.8) is 0 Å². The van der Waals surface area contributed by atoms with Crippen LogP contribution in [0.25, 0.3) is 0 Å². The highest BCUT2D eigenvalue weighted by Crippen LogP contribution is 2.74. The van der Waals surface area contributed by atoms with Crippen LogP contribution >= 0.6 is 0 Å². The first kappa shape index (κ1) is 55.6. The van der Waals surface area contributed by atoms with Crippen LogP contribution in [0.1, 0.15) is 134 Å². The highest BCUT2D eigenvalue weighted by Gasteiger charge is 2.71. The zero-order chi connectivity index (χ0) is 52.5. The predicted molar refractivity (Wildman–Crippen MR) is 248 cm³/mol. The van der Waals surface area contributed by atoms with Gasteiger partial charge in [0.1, 0.15) is 24.9 Å². The molecule has 0 radical (unpaired) electrons.